The second-order valence-corrected chi connectivity index (χ2v) is 9.00. The highest BCUT2D eigenvalue weighted by Crippen LogP contribution is 2.40. The van der Waals surface area contributed by atoms with Crippen LogP contribution in [0.15, 0.2) is 76.0 Å². The lowest BCUT2D eigenvalue weighted by molar-refractivity contribution is 0.393. The van der Waals surface area contributed by atoms with Gasteiger partial charge in [0, 0.05) is 10.9 Å². The Morgan fingerprint density at radius 1 is 1.03 bits per heavy atom. The molecule has 0 amide bonds. The van der Waals surface area contributed by atoms with E-state index in [1.807, 2.05) is 38.2 Å². The molecule has 0 spiro atoms. The molecule has 4 aromatic heterocycles. The standard InChI is InChI=1S/C29H26N4O3/c1-17-28(19(3)36-32-17)23-14-24-22(15-26(23)34-4)29-25(16-30-24)31-27(13-21-11-8-12-35-21)33(29)18(2)20-9-6-5-7-10-20/h5-12,14-16,18H,13H2,1-4H3/t18-/m0/s1. The molecule has 0 aliphatic heterocycles. The highest BCUT2D eigenvalue weighted by molar-refractivity contribution is 6.05. The molecule has 0 aliphatic rings. The van der Waals surface area contributed by atoms with Gasteiger partial charge in [0.15, 0.2) is 0 Å². The van der Waals surface area contributed by atoms with Gasteiger partial charge in [-0.2, -0.15) is 0 Å². The predicted molar refractivity (Wildman–Crippen MR) is 138 cm³/mol. The smallest absolute Gasteiger partial charge is 0.141 e. The van der Waals surface area contributed by atoms with E-state index in [2.05, 4.69) is 53.0 Å². The van der Waals surface area contributed by atoms with Crippen molar-refractivity contribution in [2.75, 3.05) is 7.11 Å². The number of aromatic nitrogens is 4. The molecule has 0 radical (unpaired) electrons. The van der Waals surface area contributed by atoms with Gasteiger partial charge in [-0.05, 0) is 50.6 Å². The number of ether oxygens (including phenoxy) is 1. The van der Waals surface area contributed by atoms with Gasteiger partial charge in [0.1, 0.15) is 28.6 Å². The topological polar surface area (TPSA) is 79.1 Å². The summed E-state index contributed by atoms with van der Waals surface area (Å²) in [5.74, 6) is 3.26. The maximum atomic E-state index is 5.87. The molecular formula is C29H26N4O3. The molecule has 0 saturated heterocycles. The molecule has 0 aliphatic carbocycles. The first-order valence-electron chi connectivity index (χ1n) is 11.9. The predicted octanol–water partition coefficient (Wildman–Crippen LogP) is 6.66. The zero-order valence-corrected chi connectivity index (χ0v) is 20.6. The largest absolute Gasteiger partial charge is 0.496 e. The zero-order chi connectivity index (χ0) is 24.8. The highest BCUT2D eigenvalue weighted by Gasteiger charge is 2.23. The molecule has 36 heavy (non-hydrogen) atoms. The number of furan rings is 1. The lowest BCUT2D eigenvalue weighted by Gasteiger charge is -2.19. The SMILES string of the molecule is COc1cc2c(cc1-c1c(C)noc1C)ncc1nc(Cc3ccco3)n([C@@H](C)c3ccccc3)c12. The van der Waals surface area contributed by atoms with Crippen LogP contribution in [0.4, 0.5) is 0 Å². The average molecular weight is 479 g/mol. The fourth-order valence-electron chi connectivity index (χ4n) is 5.07. The summed E-state index contributed by atoms with van der Waals surface area (Å²) in [4.78, 5) is 9.81. The summed E-state index contributed by atoms with van der Waals surface area (Å²) in [7, 11) is 1.68. The molecule has 4 heterocycles. The van der Waals surface area contributed by atoms with Gasteiger partial charge in [-0.1, -0.05) is 35.5 Å². The van der Waals surface area contributed by atoms with Crippen LogP contribution < -0.4 is 4.74 Å². The molecule has 0 fully saturated rings. The van der Waals surface area contributed by atoms with Gasteiger partial charge in [0.05, 0.1) is 54.3 Å². The van der Waals surface area contributed by atoms with Crippen molar-refractivity contribution in [1.82, 2.24) is 19.7 Å². The second kappa shape index (κ2) is 8.68. The summed E-state index contributed by atoms with van der Waals surface area (Å²) in [5.41, 5.74) is 6.55. The number of pyridine rings is 1. The first-order valence-corrected chi connectivity index (χ1v) is 11.9. The fraction of sp³-hybridized carbons (Fsp3) is 0.207. The third-order valence-corrected chi connectivity index (χ3v) is 6.79. The number of methoxy groups -OCH3 is 1. The first-order chi connectivity index (χ1) is 17.5. The van der Waals surface area contributed by atoms with Gasteiger partial charge in [-0.25, -0.2) is 4.98 Å². The number of rotatable bonds is 6. The zero-order valence-electron chi connectivity index (χ0n) is 20.6. The van der Waals surface area contributed by atoms with E-state index < -0.39 is 0 Å². The van der Waals surface area contributed by atoms with Crippen LogP contribution in [0.25, 0.3) is 33.1 Å². The number of fused-ring (bicyclic) bond motifs is 3. The molecular weight excluding hydrogens is 452 g/mol. The summed E-state index contributed by atoms with van der Waals surface area (Å²) in [6.45, 7) is 6.04. The highest BCUT2D eigenvalue weighted by atomic mass is 16.5. The molecule has 0 saturated carbocycles. The van der Waals surface area contributed by atoms with Gasteiger partial charge in [0.25, 0.3) is 0 Å². The summed E-state index contributed by atoms with van der Waals surface area (Å²) >= 11 is 0. The average Bonchev–Trinajstić information content (AvgIpc) is 3.62. The van der Waals surface area contributed by atoms with E-state index in [4.69, 9.17) is 23.6 Å². The van der Waals surface area contributed by atoms with Gasteiger partial charge < -0.3 is 18.2 Å². The van der Waals surface area contributed by atoms with Crippen molar-refractivity contribution in [3.05, 3.63) is 95.7 Å². The third-order valence-electron chi connectivity index (χ3n) is 6.79. The molecule has 2 aromatic carbocycles. The Balaban J connectivity index is 1.64. The van der Waals surface area contributed by atoms with E-state index in [0.717, 1.165) is 61.9 Å². The molecule has 1 atom stereocenters. The van der Waals surface area contributed by atoms with Crippen molar-refractivity contribution < 1.29 is 13.7 Å². The van der Waals surface area contributed by atoms with Crippen molar-refractivity contribution in [3.63, 3.8) is 0 Å². The maximum absolute atomic E-state index is 5.87. The third kappa shape index (κ3) is 3.55. The van der Waals surface area contributed by atoms with Crippen LogP contribution in [-0.2, 0) is 6.42 Å². The van der Waals surface area contributed by atoms with Crippen LogP contribution in [0.5, 0.6) is 5.75 Å². The molecule has 0 unspecified atom stereocenters. The van der Waals surface area contributed by atoms with Crippen molar-refractivity contribution in [2.24, 2.45) is 0 Å². The Morgan fingerprint density at radius 3 is 2.56 bits per heavy atom. The summed E-state index contributed by atoms with van der Waals surface area (Å²) in [6, 6.07) is 18.5. The number of hydrogen-bond acceptors (Lipinski definition) is 6. The molecule has 6 aromatic rings. The van der Waals surface area contributed by atoms with E-state index in [9.17, 15) is 0 Å². The Hall–Kier alpha value is -4.39. The van der Waals surface area contributed by atoms with Gasteiger partial charge in [-0.3, -0.25) is 4.98 Å². The van der Waals surface area contributed by atoms with Gasteiger partial charge >= 0.3 is 0 Å². The number of nitrogens with zero attached hydrogens (tertiary/aromatic N) is 4. The Bertz CT molecular complexity index is 1660. The number of aryl methyl sites for hydroxylation is 2. The summed E-state index contributed by atoms with van der Waals surface area (Å²) < 4.78 is 19.3. The van der Waals surface area contributed by atoms with Gasteiger partial charge in [-0.15, -0.1) is 0 Å². The van der Waals surface area contributed by atoms with E-state index in [1.165, 1.54) is 5.56 Å². The lowest BCUT2D eigenvalue weighted by atomic mass is 10.00. The quantitative estimate of drug-likeness (QED) is 0.266. The van der Waals surface area contributed by atoms with Crippen LogP contribution in [0.2, 0.25) is 0 Å². The second-order valence-electron chi connectivity index (χ2n) is 9.00. The van der Waals surface area contributed by atoms with Crippen molar-refractivity contribution >= 4 is 21.9 Å². The minimum absolute atomic E-state index is 0.0417. The monoisotopic (exact) mass is 478 g/mol. The van der Waals surface area contributed by atoms with Crippen molar-refractivity contribution in [3.8, 4) is 16.9 Å². The lowest BCUT2D eigenvalue weighted by Crippen LogP contribution is -2.11. The molecule has 0 N–H and O–H groups in total. The van der Waals surface area contributed by atoms with Crippen LogP contribution in [0.1, 0.15) is 41.6 Å². The van der Waals surface area contributed by atoms with E-state index in [0.29, 0.717) is 6.42 Å². The van der Waals surface area contributed by atoms with Gasteiger partial charge in [0.2, 0.25) is 0 Å². The van der Waals surface area contributed by atoms with Crippen molar-refractivity contribution in [1.29, 1.82) is 0 Å². The van der Waals surface area contributed by atoms with Crippen molar-refractivity contribution in [2.45, 2.75) is 33.2 Å². The van der Waals surface area contributed by atoms with Crippen LogP contribution in [0, 0.1) is 13.8 Å². The normalized spacial score (nSPS) is 12.4. The minimum atomic E-state index is 0.0417. The molecule has 6 rings (SSSR count). The van der Waals surface area contributed by atoms with E-state index in [-0.39, 0.29) is 6.04 Å². The van der Waals surface area contributed by atoms with Crippen LogP contribution >= 0.6 is 0 Å². The summed E-state index contributed by atoms with van der Waals surface area (Å²) in [5, 5.41) is 5.11. The Labute approximate surface area is 208 Å². The fourth-order valence-corrected chi connectivity index (χ4v) is 5.07. The molecule has 7 nitrogen and oxygen atoms in total. The molecule has 7 heteroatoms. The maximum Gasteiger partial charge on any atom is 0.141 e. The van der Waals surface area contributed by atoms with E-state index in [1.54, 1.807) is 13.4 Å². The Morgan fingerprint density at radius 2 is 1.86 bits per heavy atom. The molecule has 180 valence electrons. The molecule has 0 bridgehead atoms. The minimum Gasteiger partial charge on any atom is -0.496 e. The summed E-state index contributed by atoms with van der Waals surface area (Å²) in [6.07, 6.45) is 4.12. The number of benzene rings is 2. The van der Waals surface area contributed by atoms with Crippen LogP contribution in [-0.4, -0.2) is 26.8 Å². The van der Waals surface area contributed by atoms with Crippen LogP contribution in [0.3, 0.4) is 0 Å². The number of imidazole rings is 1. The Kier molecular flexibility index (Phi) is 5.33. The first kappa shape index (κ1) is 22.1. The van der Waals surface area contributed by atoms with E-state index >= 15 is 0 Å². The number of hydrogen-bond donors (Lipinski definition) is 0.